The van der Waals surface area contributed by atoms with Crippen LogP contribution in [0.1, 0.15) is 5.56 Å². The van der Waals surface area contributed by atoms with Gasteiger partial charge < -0.3 is 24.5 Å². The molecule has 0 saturated carbocycles. The molecule has 0 fully saturated rings. The highest BCUT2D eigenvalue weighted by molar-refractivity contribution is 5.96. The molecule has 6 nitrogen and oxygen atoms in total. The van der Waals surface area contributed by atoms with Crippen molar-refractivity contribution in [3.8, 4) is 17.2 Å². The SMILES string of the molecule is COc1ccc2[nH]cc(CC(=O)Nc3ccc4c(c3)OCCO4)c2c1. The molecular formula is C19H18N2O4. The number of methoxy groups -OCH3 is 1. The molecule has 1 amide bonds. The van der Waals surface area contributed by atoms with Gasteiger partial charge in [-0.15, -0.1) is 0 Å². The van der Waals surface area contributed by atoms with Gasteiger partial charge in [0, 0.05) is 28.9 Å². The molecule has 0 aliphatic carbocycles. The summed E-state index contributed by atoms with van der Waals surface area (Å²) >= 11 is 0. The van der Waals surface area contributed by atoms with Crippen LogP contribution in [-0.4, -0.2) is 31.2 Å². The van der Waals surface area contributed by atoms with Crippen LogP contribution in [0.5, 0.6) is 17.2 Å². The van der Waals surface area contributed by atoms with Gasteiger partial charge in [0.2, 0.25) is 5.91 Å². The molecule has 1 aromatic heterocycles. The fourth-order valence-electron chi connectivity index (χ4n) is 2.93. The van der Waals surface area contributed by atoms with Gasteiger partial charge in [-0.25, -0.2) is 0 Å². The average Bonchev–Trinajstić information content (AvgIpc) is 3.03. The number of H-pyrrole nitrogens is 1. The minimum atomic E-state index is -0.0969. The highest BCUT2D eigenvalue weighted by Gasteiger charge is 2.14. The first-order chi connectivity index (χ1) is 12.2. The number of carbonyl (C=O) groups is 1. The van der Waals surface area contributed by atoms with Gasteiger partial charge in [-0.1, -0.05) is 0 Å². The molecule has 0 unspecified atom stereocenters. The van der Waals surface area contributed by atoms with E-state index in [9.17, 15) is 4.79 Å². The number of hydrogen-bond acceptors (Lipinski definition) is 4. The second-order valence-corrected chi connectivity index (χ2v) is 5.81. The van der Waals surface area contributed by atoms with Gasteiger partial charge in [0.15, 0.2) is 11.5 Å². The summed E-state index contributed by atoms with van der Waals surface area (Å²) in [7, 11) is 1.63. The summed E-state index contributed by atoms with van der Waals surface area (Å²) < 4.78 is 16.3. The van der Waals surface area contributed by atoms with Gasteiger partial charge in [-0.3, -0.25) is 4.79 Å². The summed E-state index contributed by atoms with van der Waals surface area (Å²) in [6.07, 6.45) is 2.12. The molecule has 25 heavy (non-hydrogen) atoms. The largest absolute Gasteiger partial charge is 0.497 e. The number of ether oxygens (including phenoxy) is 3. The number of benzene rings is 2. The first-order valence-corrected chi connectivity index (χ1v) is 8.06. The summed E-state index contributed by atoms with van der Waals surface area (Å²) in [5.74, 6) is 2.02. The van der Waals surface area contributed by atoms with Crippen LogP contribution in [-0.2, 0) is 11.2 Å². The standard InChI is InChI=1S/C19H18N2O4/c1-23-14-3-4-16-15(10-14)12(11-20-16)8-19(22)21-13-2-5-17-18(9-13)25-7-6-24-17/h2-5,9-11,20H,6-8H2,1H3,(H,21,22). The molecule has 1 aliphatic rings. The molecule has 6 heteroatoms. The van der Waals surface area contributed by atoms with Crippen molar-refractivity contribution in [3.05, 3.63) is 48.2 Å². The van der Waals surface area contributed by atoms with Crippen molar-refractivity contribution in [1.29, 1.82) is 0 Å². The predicted octanol–water partition coefficient (Wildman–Crippen LogP) is 3.13. The van der Waals surface area contributed by atoms with Crippen LogP contribution in [0.15, 0.2) is 42.6 Å². The van der Waals surface area contributed by atoms with E-state index in [-0.39, 0.29) is 12.3 Å². The summed E-state index contributed by atoms with van der Waals surface area (Å²) in [6.45, 7) is 1.06. The van der Waals surface area contributed by atoms with Gasteiger partial charge in [-0.05, 0) is 35.9 Å². The maximum Gasteiger partial charge on any atom is 0.228 e. The first-order valence-electron chi connectivity index (χ1n) is 8.06. The van der Waals surface area contributed by atoms with Crippen molar-refractivity contribution < 1.29 is 19.0 Å². The molecule has 1 aliphatic heterocycles. The minimum absolute atomic E-state index is 0.0969. The molecule has 2 heterocycles. The average molecular weight is 338 g/mol. The molecule has 128 valence electrons. The lowest BCUT2D eigenvalue weighted by Crippen LogP contribution is -2.17. The number of amides is 1. The molecule has 0 spiro atoms. The van der Waals surface area contributed by atoms with E-state index in [2.05, 4.69) is 10.3 Å². The zero-order valence-corrected chi connectivity index (χ0v) is 13.8. The molecule has 0 saturated heterocycles. The van der Waals surface area contributed by atoms with Crippen molar-refractivity contribution >= 4 is 22.5 Å². The van der Waals surface area contributed by atoms with Crippen LogP contribution >= 0.6 is 0 Å². The molecule has 2 aromatic carbocycles. The first kappa shape index (κ1) is 15.4. The highest BCUT2D eigenvalue weighted by atomic mass is 16.6. The topological polar surface area (TPSA) is 72.6 Å². The van der Waals surface area contributed by atoms with E-state index in [4.69, 9.17) is 14.2 Å². The van der Waals surface area contributed by atoms with Crippen LogP contribution < -0.4 is 19.5 Å². The lowest BCUT2D eigenvalue weighted by atomic mass is 10.1. The Kier molecular flexibility index (Phi) is 3.93. The zero-order valence-electron chi connectivity index (χ0n) is 13.8. The normalized spacial score (nSPS) is 12.8. The summed E-state index contributed by atoms with van der Waals surface area (Å²) in [6, 6.07) is 11.2. The van der Waals surface area contributed by atoms with Crippen LogP contribution in [0, 0.1) is 0 Å². The van der Waals surface area contributed by atoms with Crippen LogP contribution in [0.4, 0.5) is 5.69 Å². The van der Waals surface area contributed by atoms with E-state index in [1.54, 1.807) is 19.2 Å². The Morgan fingerprint density at radius 2 is 2.00 bits per heavy atom. The van der Waals surface area contributed by atoms with Crippen molar-refractivity contribution in [2.45, 2.75) is 6.42 Å². The maximum atomic E-state index is 12.4. The number of aromatic nitrogens is 1. The van der Waals surface area contributed by atoms with Gasteiger partial charge in [0.05, 0.1) is 13.5 Å². The molecule has 0 radical (unpaired) electrons. The summed E-state index contributed by atoms with van der Waals surface area (Å²) in [4.78, 5) is 15.6. The molecule has 2 N–H and O–H groups in total. The number of nitrogens with one attached hydrogen (secondary N) is 2. The highest BCUT2D eigenvalue weighted by Crippen LogP contribution is 2.32. The molecule has 0 bridgehead atoms. The van der Waals surface area contributed by atoms with E-state index >= 15 is 0 Å². The van der Waals surface area contributed by atoms with E-state index in [1.807, 2.05) is 30.5 Å². The monoisotopic (exact) mass is 338 g/mol. The second kappa shape index (κ2) is 6.39. The molecule has 4 rings (SSSR count). The van der Waals surface area contributed by atoms with Crippen LogP contribution in [0.2, 0.25) is 0 Å². The van der Waals surface area contributed by atoms with Crippen molar-refractivity contribution in [3.63, 3.8) is 0 Å². The molecule has 0 atom stereocenters. The summed E-state index contributed by atoms with van der Waals surface area (Å²) in [5, 5.41) is 3.89. The van der Waals surface area contributed by atoms with Crippen molar-refractivity contribution in [2.75, 3.05) is 25.6 Å². The summed E-state index contributed by atoms with van der Waals surface area (Å²) in [5.41, 5.74) is 2.58. The Bertz CT molecular complexity index is 932. The third-order valence-corrected chi connectivity index (χ3v) is 4.15. The Hall–Kier alpha value is -3.15. The lowest BCUT2D eigenvalue weighted by molar-refractivity contribution is -0.115. The Morgan fingerprint density at radius 1 is 1.16 bits per heavy atom. The quantitative estimate of drug-likeness (QED) is 0.767. The van der Waals surface area contributed by atoms with Crippen molar-refractivity contribution in [1.82, 2.24) is 4.98 Å². The number of hydrogen-bond donors (Lipinski definition) is 2. The third-order valence-electron chi connectivity index (χ3n) is 4.15. The fraction of sp³-hybridized carbons (Fsp3) is 0.211. The lowest BCUT2D eigenvalue weighted by Gasteiger charge is -2.19. The zero-order chi connectivity index (χ0) is 17.2. The van der Waals surface area contributed by atoms with Gasteiger partial charge in [-0.2, -0.15) is 0 Å². The van der Waals surface area contributed by atoms with E-state index in [0.717, 1.165) is 22.2 Å². The smallest absolute Gasteiger partial charge is 0.228 e. The molecular weight excluding hydrogens is 320 g/mol. The van der Waals surface area contributed by atoms with Crippen LogP contribution in [0.25, 0.3) is 10.9 Å². The van der Waals surface area contributed by atoms with Crippen molar-refractivity contribution in [2.24, 2.45) is 0 Å². The van der Waals surface area contributed by atoms with Gasteiger partial charge in [0.25, 0.3) is 0 Å². The van der Waals surface area contributed by atoms with Gasteiger partial charge >= 0.3 is 0 Å². The Balaban J connectivity index is 1.51. The number of aromatic amines is 1. The Morgan fingerprint density at radius 3 is 2.84 bits per heavy atom. The van der Waals surface area contributed by atoms with Crippen LogP contribution in [0.3, 0.4) is 0 Å². The van der Waals surface area contributed by atoms with E-state index in [1.165, 1.54) is 0 Å². The van der Waals surface area contributed by atoms with Gasteiger partial charge in [0.1, 0.15) is 19.0 Å². The minimum Gasteiger partial charge on any atom is -0.497 e. The maximum absolute atomic E-state index is 12.4. The second-order valence-electron chi connectivity index (χ2n) is 5.81. The Labute approximate surface area is 144 Å². The number of fused-ring (bicyclic) bond motifs is 2. The fourth-order valence-corrected chi connectivity index (χ4v) is 2.93. The van der Waals surface area contributed by atoms with E-state index in [0.29, 0.717) is 30.4 Å². The predicted molar refractivity (Wildman–Crippen MR) is 94.6 cm³/mol. The number of carbonyl (C=O) groups excluding carboxylic acids is 1. The third kappa shape index (κ3) is 3.10. The number of rotatable bonds is 4. The van der Waals surface area contributed by atoms with E-state index < -0.39 is 0 Å². The molecule has 3 aromatic rings. The number of anilines is 1.